The van der Waals surface area contributed by atoms with E-state index in [4.69, 9.17) is 23.7 Å². The van der Waals surface area contributed by atoms with E-state index in [2.05, 4.69) is 81.5 Å². The molecule has 12 nitrogen and oxygen atoms in total. The van der Waals surface area contributed by atoms with E-state index in [0.717, 1.165) is 109 Å². The quantitative estimate of drug-likeness (QED) is 0.0228. The molecule has 1 fully saturated rings. The molecule has 1 aliphatic rings. The van der Waals surface area contributed by atoms with E-state index in [0.29, 0.717) is 19.3 Å². The van der Waals surface area contributed by atoms with Crippen LogP contribution in [0.15, 0.2) is 60.8 Å². The fraction of sp³-hybridized carbons (Fsp3) is 0.808. The number of carbonyl (C=O) groups excluding carboxylic acids is 3. The Labute approximate surface area is 519 Å². The minimum absolute atomic E-state index is 0.0458. The highest BCUT2D eigenvalue weighted by molar-refractivity contribution is 5.74. The third-order valence-electron chi connectivity index (χ3n) is 16.1. The number of ether oxygens (including phenoxy) is 5. The number of aliphatic hydroxyl groups is 2. The number of rotatable bonds is 61. The van der Waals surface area contributed by atoms with Crippen LogP contribution in [0, 0.1) is 0 Å². The number of allylic oxidation sites excluding steroid dienone is 10. The molecule has 12 heteroatoms. The van der Waals surface area contributed by atoms with E-state index in [1.807, 2.05) is 0 Å². The molecule has 1 aliphatic heterocycles. The summed E-state index contributed by atoms with van der Waals surface area (Å²) in [7, 11) is 0. The molecule has 0 bridgehead atoms. The summed E-state index contributed by atoms with van der Waals surface area (Å²) in [6.45, 7) is 5.99. The van der Waals surface area contributed by atoms with Crippen LogP contribution in [0.4, 0.5) is 0 Å². The van der Waals surface area contributed by atoms with Crippen LogP contribution in [0.5, 0.6) is 0 Å². The molecule has 85 heavy (non-hydrogen) atoms. The summed E-state index contributed by atoms with van der Waals surface area (Å²) in [4.78, 5) is 51.5. The van der Waals surface area contributed by atoms with Crippen molar-refractivity contribution in [2.45, 2.75) is 366 Å². The Morgan fingerprint density at radius 2 is 0.706 bits per heavy atom. The molecule has 1 rings (SSSR count). The highest BCUT2D eigenvalue weighted by atomic mass is 16.7. The molecule has 0 aromatic rings. The first kappa shape index (κ1) is 79.4. The lowest BCUT2D eigenvalue weighted by Crippen LogP contribution is -2.61. The molecule has 0 saturated carbocycles. The third-order valence-corrected chi connectivity index (χ3v) is 16.1. The molecule has 3 N–H and O–H groups in total. The van der Waals surface area contributed by atoms with E-state index < -0.39 is 67.3 Å². The zero-order valence-corrected chi connectivity index (χ0v) is 54.6. The summed E-state index contributed by atoms with van der Waals surface area (Å²) in [5.74, 6) is -3.12. The predicted molar refractivity (Wildman–Crippen MR) is 349 cm³/mol. The zero-order valence-electron chi connectivity index (χ0n) is 54.6. The van der Waals surface area contributed by atoms with Crippen LogP contribution in [0.2, 0.25) is 0 Å². The van der Waals surface area contributed by atoms with Crippen LogP contribution < -0.4 is 0 Å². The average Bonchev–Trinajstić information content (AvgIpc) is 2.79. The SMILES string of the molecule is CCCCC/C=C\C/C=C\C/C=C\CCCCCCCCC(=O)OC1C(OCC(COC(=O)CCCCCCCCCCCCCCCCCCCCC)OC(=O)CCCCCCCCC/C=C\C/C=C\CCCCC)OC(C(=O)O)C(O)C1O. The van der Waals surface area contributed by atoms with Crippen LogP contribution >= 0.6 is 0 Å². The maximum absolute atomic E-state index is 13.2. The van der Waals surface area contributed by atoms with Gasteiger partial charge in [-0.15, -0.1) is 0 Å². The largest absolute Gasteiger partial charge is 0.479 e. The Bertz CT molecular complexity index is 1710. The van der Waals surface area contributed by atoms with Crippen molar-refractivity contribution in [2.75, 3.05) is 13.2 Å². The van der Waals surface area contributed by atoms with Gasteiger partial charge >= 0.3 is 23.9 Å². The summed E-state index contributed by atoms with van der Waals surface area (Å²) in [6, 6.07) is 0. The lowest BCUT2D eigenvalue weighted by atomic mass is 9.98. The van der Waals surface area contributed by atoms with Crippen molar-refractivity contribution in [3.05, 3.63) is 60.8 Å². The Kier molecular flexibility index (Phi) is 56.7. The number of carboxylic acids is 1. The number of carbonyl (C=O) groups is 4. The Balaban J connectivity index is 2.63. The van der Waals surface area contributed by atoms with Gasteiger partial charge in [-0.2, -0.15) is 0 Å². The second-order valence-electron chi connectivity index (χ2n) is 24.2. The summed E-state index contributed by atoms with van der Waals surface area (Å²) in [6.07, 6.45) is 64.5. The average molecular weight is 1200 g/mol. The molecule has 0 aromatic carbocycles. The van der Waals surface area contributed by atoms with E-state index in [-0.39, 0.29) is 25.9 Å². The normalized spacial score (nSPS) is 17.8. The summed E-state index contributed by atoms with van der Waals surface area (Å²) in [5.41, 5.74) is 0. The zero-order chi connectivity index (χ0) is 61.7. The van der Waals surface area contributed by atoms with Gasteiger partial charge in [-0.1, -0.05) is 281 Å². The van der Waals surface area contributed by atoms with Crippen molar-refractivity contribution in [3.8, 4) is 0 Å². The first-order chi connectivity index (χ1) is 41.6. The lowest BCUT2D eigenvalue weighted by molar-refractivity contribution is -0.301. The van der Waals surface area contributed by atoms with Crippen molar-refractivity contribution in [3.63, 3.8) is 0 Å². The van der Waals surface area contributed by atoms with Gasteiger partial charge in [0.2, 0.25) is 0 Å². The number of esters is 3. The van der Waals surface area contributed by atoms with Gasteiger partial charge in [0.25, 0.3) is 0 Å². The summed E-state index contributed by atoms with van der Waals surface area (Å²) in [5, 5.41) is 31.7. The van der Waals surface area contributed by atoms with Crippen LogP contribution in [0.1, 0.15) is 329 Å². The number of aliphatic carboxylic acids is 1. The maximum atomic E-state index is 13.2. The third kappa shape index (κ3) is 50.0. The van der Waals surface area contributed by atoms with Crippen LogP contribution in [0.25, 0.3) is 0 Å². The fourth-order valence-electron chi connectivity index (χ4n) is 10.6. The second-order valence-corrected chi connectivity index (χ2v) is 24.2. The van der Waals surface area contributed by atoms with Crippen molar-refractivity contribution in [1.29, 1.82) is 0 Å². The van der Waals surface area contributed by atoms with Crippen molar-refractivity contribution < 1.29 is 58.2 Å². The van der Waals surface area contributed by atoms with Crippen molar-refractivity contribution in [2.24, 2.45) is 0 Å². The molecule has 0 aliphatic carbocycles. The molecule has 1 heterocycles. The standard InChI is InChI=1S/C73H128O12/c1-4-7-10-13-16-19-22-25-28-31-33-36-38-41-44-47-50-53-56-59-65(74)81-62-64(83-66(75)60-57-54-51-48-45-42-39-35-30-27-24-21-18-15-12-9-6-3)63-82-73-71(69(78)68(77)70(85-73)72(79)80)84-67(76)61-58-55-52-49-46-43-40-37-34-32-29-26-23-20-17-14-11-8-5-2/h17-18,20-21,26-27,29-30,34,37,64,68-71,73,77-78H,4-16,19,22-25,28,31-33,35-36,38-63H2,1-3H3,(H,79,80)/b20-17-,21-18-,29-26-,30-27-,37-34-. The topological polar surface area (TPSA) is 175 Å². The minimum Gasteiger partial charge on any atom is -0.479 e. The minimum atomic E-state index is -1.91. The Morgan fingerprint density at radius 3 is 1.09 bits per heavy atom. The molecule has 6 unspecified atom stereocenters. The van der Waals surface area contributed by atoms with E-state index >= 15 is 0 Å². The monoisotopic (exact) mass is 1200 g/mol. The summed E-state index contributed by atoms with van der Waals surface area (Å²) >= 11 is 0. The van der Waals surface area contributed by atoms with Gasteiger partial charge in [-0.25, -0.2) is 4.79 Å². The molecule has 1 saturated heterocycles. The second kappa shape index (κ2) is 60.7. The number of unbranched alkanes of at least 4 members (excludes halogenated alkanes) is 37. The van der Waals surface area contributed by atoms with Crippen LogP contribution in [0.3, 0.4) is 0 Å². The molecule has 492 valence electrons. The fourth-order valence-corrected chi connectivity index (χ4v) is 10.6. The number of aliphatic hydroxyl groups excluding tert-OH is 2. The van der Waals surface area contributed by atoms with Gasteiger partial charge in [-0.05, 0) is 89.9 Å². The molecule has 6 atom stereocenters. The van der Waals surface area contributed by atoms with E-state index in [1.54, 1.807) is 0 Å². The van der Waals surface area contributed by atoms with Gasteiger partial charge in [0.05, 0.1) is 6.61 Å². The number of carboxylic acid groups (broad SMARTS) is 1. The Morgan fingerprint density at radius 1 is 0.388 bits per heavy atom. The number of hydrogen-bond donors (Lipinski definition) is 3. The van der Waals surface area contributed by atoms with E-state index in [9.17, 15) is 34.5 Å². The molecular formula is C73H128O12. The van der Waals surface area contributed by atoms with Crippen LogP contribution in [-0.2, 0) is 42.9 Å². The smallest absolute Gasteiger partial charge is 0.335 e. The Hall–Kier alpha value is -3.58. The first-order valence-corrected chi connectivity index (χ1v) is 35.3. The van der Waals surface area contributed by atoms with Gasteiger partial charge < -0.3 is 39.0 Å². The molecule has 0 radical (unpaired) electrons. The lowest BCUT2D eigenvalue weighted by Gasteiger charge is -2.40. The predicted octanol–water partition coefficient (Wildman–Crippen LogP) is 19.5. The van der Waals surface area contributed by atoms with E-state index in [1.165, 1.54) is 161 Å². The van der Waals surface area contributed by atoms with Gasteiger partial charge in [0.1, 0.15) is 18.8 Å². The van der Waals surface area contributed by atoms with Gasteiger partial charge in [0.15, 0.2) is 24.6 Å². The van der Waals surface area contributed by atoms with Crippen molar-refractivity contribution in [1.82, 2.24) is 0 Å². The molecule has 0 aromatic heterocycles. The van der Waals surface area contributed by atoms with Gasteiger partial charge in [0, 0.05) is 19.3 Å². The highest BCUT2D eigenvalue weighted by Gasteiger charge is 2.50. The number of hydrogen-bond acceptors (Lipinski definition) is 11. The van der Waals surface area contributed by atoms with Crippen LogP contribution in [-0.4, -0.2) is 89.2 Å². The van der Waals surface area contributed by atoms with Gasteiger partial charge in [-0.3, -0.25) is 14.4 Å². The van der Waals surface area contributed by atoms with Crippen molar-refractivity contribution >= 4 is 23.9 Å². The molecule has 0 spiro atoms. The molecular weight excluding hydrogens is 1070 g/mol. The molecule has 0 amide bonds. The highest BCUT2D eigenvalue weighted by Crippen LogP contribution is 2.27. The first-order valence-electron chi connectivity index (χ1n) is 35.3. The summed E-state index contributed by atoms with van der Waals surface area (Å²) < 4.78 is 28.6. The maximum Gasteiger partial charge on any atom is 0.335 e.